The maximum atomic E-state index is 11.9. The molecular weight excluding hydrogens is 262 g/mol. The van der Waals surface area contributed by atoms with E-state index in [9.17, 15) is 9.59 Å². The van der Waals surface area contributed by atoms with Gasteiger partial charge in [0.05, 0.1) is 6.20 Å². The Bertz CT molecular complexity index is 448. The van der Waals surface area contributed by atoms with Crippen molar-refractivity contribution in [2.24, 2.45) is 5.92 Å². The second-order valence-electron chi connectivity index (χ2n) is 4.95. The summed E-state index contributed by atoms with van der Waals surface area (Å²) >= 11 is 0. The number of carboxylic acid groups (broad SMARTS) is 1. The van der Waals surface area contributed by atoms with E-state index in [1.54, 1.807) is 22.0 Å². The highest BCUT2D eigenvalue weighted by Gasteiger charge is 2.27. The van der Waals surface area contributed by atoms with Crippen LogP contribution in [0.15, 0.2) is 12.4 Å². The standard InChI is InChI=1S/C12H19N5O3/c18-11(19)8-10-2-6-16(9-10)12(20)13-3-1-5-17-7-4-14-15-17/h4,7,10H,1-3,5-6,8-9H2,(H,13,20)(H,18,19). The van der Waals surface area contributed by atoms with Crippen LogP contribution in [0, 0.1) is 5.92 Å². The number of hydrogen-bond acceptors (Lipinski definition) is 4. The van der Waals surface area contributed by atoms with Crippen molar-refractivity contribution in [2.45, 2.75) is 25.8 Å². The molecule has 0 aromatic carbocycles. The van der Waals surface area contributed by atoms with Gasteiger partial charge in [0.1, 0.15) is 0 Å². The maximum Gasteiger partial charge on any atom is 0.317 e. The largest absolute Gasteiger partial charge is 0.481 e. The molecule has 1 aromatic rings. The quantitative estimate of drug-likeness (QED) is 0.724. The van der Waals surface area contributed by atoms with E-state index in [2.05, 4.69) is 15.6 Å². The van der Waals surface area contributed by atoms with Crippen LogP contribution in [0.1, 0.15) is 19.3 Å². The summed E-state index contributed by atoms with van der Waals surface area (Å²) in [5, 5.41) is 19.1. The van der Waals surface area contributed by atoms with E-state index in [4.69, 9.17) is 5.11 Å². The smallest absolute Gasteiger partial charge is 0.317 e. The molecule has 1 aromatic heterocycles. The number of amides is 2. The fourth-order valence-corrected chi connectivity index (χ4v) is 2.33. The van der Waals surface area contributed by atoms with Crippen molar-refractivity contribution >= 4 is 12.0 Å². The highest BCUT2D eigenvalue weighted by molar-refractivity contribution is 5.74. The number of aliphatic carboxylic acids is 1. The molecule has 1 fully saturated rings. The average molecular weight is 281 g/mol. The normalized spacial score (nSPS) is 18.2. The van der Waals surface area contributed by atoms with Gasteiger partial charge in [-0.2, -0.15) is 0 Å². The molecule has 110 valence electrons. The summed E-state index contributed by atoms with van der Waals surface area (Å²) in [6.45, 7) is 2.44. The van der Waals surface area contributed by atoms with Crippen LogP contribution in [-0.4, -0.2) is 56.6 Å². The SMILES string of the molecule is O=C(O)CC1CCN(C(=O)NCCCn2ccnn2)C1. The Balaban J connectivity index is 1.62. The van der Waals surface area contributed by atoms with Gasteiger partial charge in [-0.3, -0.25) is 9.48 Å². The number of hydrogen-bond donors (Lipinski definition) is 2. The fourth-order valence-electron chi connectivity index (χ4n) is 2.33. The molecule has 8 nitrogen and oxygen atoms in total. The lowest BCUT2D eigenvalue weighted by Crippen LogP contribution is -2.39. The number of urea groups is 1. The summed E-state index contributed by atoms with van der Waals surface area (Å²) in [5.74, 6) is -0.724. The van der Waals surface area contributed by atoms with Gasteiger partial charge in [0.25, 0.3) is 0 Å². The number of carboxylic acids is 1. The van der Waals surface area contributed by atoms with Crippen molar-refractivity contribution < 1.29 is 14.7 Å². The van der Waals surface area contributed by atoms with Crippen LogP contribution < -0.4 is 5.32 Å². The van der Waals surface area contributed by atoms with Crippen molar-refractivity contribution in [1.82, 2.24) is 25.2 Å². The van der Waals surface area contributed by atoms with E-state index >= 15 is 0 Å². The third-order valence-electron chi connectivity index (χ3n) is 3.35. The summed E-state index contributed by atoms with van der Waals surface area (Å²) in [5.41, 5.74) is 0. The van der Waals surface area contributed by atoms with Gasteiger partial charge in [-0.1, -0.05) is 5.21 Å². The van der Waals surface area contributed by atoms with Crippen molar-refractivity contribution in [3.8, 4) is 0 Å². The second-order valence-corrected chi connectivity index (χ2v) is 4.95. The number of nitrogens with zero attached hydrogens (tertiary/aromatic N) is 4. The number of carbonyl (C=O) groups excluding carboxylic acids is 1. The fraction of sp³-hybridized carbons (Fsp3) is 0.667. The Morgan fingerprint density at radius 3 is 3.00 bits per heavy atom. The minimum absolute atomic E-state index is 0.0772. The highest BCUT2D eigenvalue weighted by Crippen LogP contribution is 2.19. The summed E-state index contributed by atoms with van der Waals surface area (Å²) in [6.07, 6.45) is 5.07. The number of aryl methyl sites for hydroxylation is 1. The van der Waals surface area contributed by atoms with Gasteiger partial charge < -0.3 is 15.3 Å². The molecule has 2 heterocycles. The molecular formula is C12H19N5O3. The number of likely N-dealkylation sites (tertiary alicyclic amines) is 1. The van der Waals surface area contributed by atoms with Gasteiger partial charge in [-0.25, -0.2) is 4.79 Å². The zero-order valence-electron chi connectivity index (χ0n) is 11.2. The molecule has 8 heteroatoms. The molecule has 20 heavy (non-hydrogen) atoms. The van der Waals surface area contributed by atoms with Crippen LogP contribution in [-0.2, 0) is 11.3 Å². The van der Waals surface area contributed by atoms with E-state index < -0.39 is 5.97 Å². The van der Waals surface area contributed by atoms with E-state index in [1.807, 2.05) is 0 Å². The predicted molar refractivity (Wildman–Crippen MR) is 70.0 cm³/mol. The molecule has 2 amide bonds. The lowest BCUT2D eigenvalue weighted by atomic mass is 10.1. The minimum Gasteiger partial charge on any atom is -0.481 e. The molecule has 2 N–H and O–H groups in total. The Kier molecular flexibility index (Phi) is 4.91. The number of aromatic nitrogens is 3. The molecule has 0 bridgehead atoms. The number of carbonyl (C=O) groups is 2. The Morgan fingerprint density at radius 1 is 1.45 bits per heavy atom. The number of nitrogens with one attached hydrogen (secondary N) is 1. The van der Waals surface area contributed by atoms with Crippen LogP contribution in [0.5, 0.6) is 0 Å². The molecule has 1 aliphatic heterocycles. The molecule has 1 atom stereocenters. The van der Waals surface area contributed by atoms with Gasteiger partial charge in [0.2, 0.25) is 0 Å². The van der Waals surface area contributed by atoms with Crippen LogP contribution >= 0.6 is 0 Å². The van der Waals surface area contributed by atoms with Gasteiger partial charge in [-0.05, 0) is 18.8 Å². The minimum atomic E-state index is -0.801. The Hall–Kier alpha value is -2.12. The van der Waals surface area contributed by atoms with Gasteiger partial charge in [-0.15, -0.1) is 5.10 Å². The molecule has 0 saturated carbocycles. The summed E-state index contributed by atoms with van der Waals surface area (Å²) < 4.78 is 1.71. The average Bonchev–Trinajstić information content (AvgIpc) is 3.04. The first-order valence-electron chi connectivity index (χ1n) is 6.74. The lowest BCUT2D eigenvalue weighted by molar-refractivity contribution is -0.138. The van der Waals surface area contributed by atoms with E-state index in [1.165, 1.54) is 0 Å². The first kappa shape index (κ1) is 14.3. The third kappa shape index (κ3) is 4.22. The molecule has 1 saturated heterocycles. The van der Waals surface area contributed by atoms with Gasteiger partial charge in [0, 0.05) is 38.8 Å². The van der Waals surface area contributed by atoms with Crippen LogP contribution in [0.4, 0.5) is 4.79 Å². The molecule has 1 unspecified atom stereocenters. The summed E-state index contributed by atoms with van der Waals surface area (Å²) in [4.78, 5) is 24.2. The van der Waals surface area contributed by atoms with Crippen molar-refractivity contribution in [1.29, 1.82) is 0 Å². The predicted octanol–water partition coefficient (Wildman–Crippen LogP) is 0.174. The van der Waals surface area contributed by atoms with E-state index in [0.29, 0.717) is 26.2 Å². The molecule has 0 spiro atoms. The number of rotatable bonds is 6. The topological polar surface area (TPSA) is 100 Å². The molecule has 2 rings (SSSR count). The monoisotopic (exact) mass is 281 g/mol. The van der Waals surface area contributed by atoms with Gasteiger partial charge in [0.15, 0.2) is 0 Å². The summed E-state index contributed by atoms with van der Waals surface area (Å²) in [6, 6.07) is -0.114. The summed E-state index contributed by atoms with van der Waals surface area (Å²) in [7, 11) is 0. The third-order valence-corrected chi connectivity index (χ3v) is 3.35. The van der Waals surface area contributed by atoms with E-state index in [-0.39, 0.29) is 18.4 Å². The van der Waals surface area contributed by atoms with Gasteiger partial charge >= 0.3 is 12.0 Å². The first-order valence-corrected chi connectivity index (χ1v) is 6.74. The molecule has 0 radical (unpaired) electrons. The Labute approximate surface area is 116 Å². The van der Waals surface area contributed by atoms with Crippen molar-refractivity contribution in [3.05, 3.63) is 12.4 Å². The van der Waals surface area contributed by atoms with Crippen LogP contribution in [0.2, 0.25) is 0 Å². The zero-order valence-corrected chi connectivity index (χ0v) is 11.2. The van der Waals surface area contributed by atoms with Crippen LogP contribution in [0.25, 0.3) is 0 Å². The lowest BCUT2D eigenvalue weighted by Gasteiger charge is -2.17. The maximum absolute atomic E-state index is 11.9. The molecule has 1 aliphatic rings. The highest BCUT2D eigenvalue weighted by atomic mass is 16.4. The van der Waals surface area contributed by atoms with Crippen molar-refractivity contribution in [3.63, 3.8) is 0 Å². The zero-order chi connectivity index (χ0) is 14.4. The first-order chi connectivity index (χ1) is 9.65. The van der Waals surface area contributed by atoms with Crippen LogP contribution in [0.3, 0.4) is 0 Å². The van der Waals surface area contributed by atoms with Crippen molar-refractivity contribution in [2.75, 3.05) is 19.6 Å². The van der Waals surface area contributed by atoms with E-state index in [0.717, 1.165) is 12.8 Å². The molecule has 0 aliphatic carbocycles. The Morgan fingerprint density at radius 2 is 2.30 bits per heavy atom. The second kappa shape index (κ2) is 6.88.